The Morgan fingerprint density at radius 1 is 1.08 bits per heavy atom. The second-order valence-electron chi connectivity index (χ2n) is 10.2. The van der Waals surface area contributed by atoms with Gasteiger partial charge in [0.05, 0.1) is 34.4 Å². The molecule has 49 heavy (non-hydrogen) atoms. The summed E-state index contributed by atoms with van der Waals surface area (Å²) < 4.78 is 77.8. The van der Waals surface area contributed by atoms with Crippen LogP contribution in [0.1, 0.15) is 12.0 Å². The molecule has 1 heterocycles. The number of thiol groups is 1. The number of halogens is 3. The van der Waals surface area contributed by atoms with E-state index in [0.717, 1.165) is 48.7 Å². The van der Waals surface area contributed by atoms with Gasteiger partial charge in [0.15, 0.2) is 10.7 Å². The van der Waals surface area contributed by atoms with E-state index in [0.29, 0.717) is 4.31 Å². The van der Waals surface area contributed by atoms with Crippen molar-refractivity contribution in [3.05, 3.63) is 110 Å². The van der Waals surface area contributed by atoms with Gasteiger partial charge in [-0.1, -0.05) is 22.2 Å². The van der Waals surface area contributed by atoms with Crippen LogP contribution >= 0.6 is 11.6 Å². The number of carbonyl (C=O) groups is 1. The first-order valence-electron chi connectivity index (χ1n) is 13.7. The second kappa shape index (κ2) is 14.9. The van der Waals surface area contributed by atoms with Crippen molar-refractivity contribution in [2.45, 2.75) is 17.1 Å². The maximum atomic E-state index is 15.4. The van der Waals surface area contributed by atoms with Crippen LogP contribution in [0, 0.1) is 31.9 Å². The normalized spacial score (nSPS) is 11.9. The van der Waals surface area contributed by atoms with Crippen LogP contribution in [0.25, 0.3) is 11.3 Å². The van der Waals surface area contributed by atoms with Gasteiger partial charge in [-0.25, -0.2) is 32.0 Å². The Balaban J connectivity index is 1.70. The van der Waals surface area contributed by atoms with Crippen LogP contribution in [-0.2, 0) is 25.9 Å². The van der Waals surface area contributed by atoms with Crippen molar-refractivity contribution in [1.82, 2.24) is 9.97 Å². The van der Waals surface area contributed by atoms with Gasteiger partial charge in [-0.2, -0.15) is 4.36 Å². The first kappa shape index (κ1) is 36.7. The first-order chi connectivity index (χ1) is 23.0. The highest BCUT2D eigenvalue weighted by Gasteiger charge is 2.33. The minimum absolute atomic E-state index is 0.100. The smallest absolute Gasteiger partial charge is 0.437 e. The van der Waals surface area contributed by atoms with Gasteiger partial charge in [0.1, 0.15) is 17.3 Å². The van der Waals surface area contributed by atoms with Crippen LogP contribution in [0.15, 0.2) is 76.1 Å². The lowest BCUT2D eigenvalue weighted by atomic mass is 10.1. The van der Waals surface area contributed by atoms with Gasteiger partial charge >= 0.3 is 6.09 Å². The Morgan fingerprint density at radius 2 is 1.80 bits per heavy atom. The highest BCUT2D eigenvalue weighted by atomic mass is 35.5. The van der Waals surface area contributed by atoms with Crippen LogP contribution in [-0.4, -0.2) is 63.4 Å². The Morgan fingerprint density at radius 3 is 2.47 bits per heavy atom. The van der Waals surface area contributed by atoms with Crippen LogP contribution in [0.2, 0.25) is 5.28 Å². The van der Waals surface area contributed by atoms with E-state index in [-0.39, 0.29) is 46.6 Å². The molecule has 260 valence electrons. The minimum atomic E-state index is -4.90. The summed E-state index contributed by atoms with van der Waals surface area (Å²) in [6.07, 6.45) is 0.104. The molecule has 0 unspecified atom stereocenters. The van der Waals surface area contributed by atoms with Gasteiger partial charge in [0.25, 0.3) is 21.4 Å². The number of anilines is 1. The van der Waals surface area contributed by atoms with E-state index in [9.17, 15) is 42.4 Å². The molecule has 4 rings (SSSR count). The molecule has 4 aromatic rings. The van der Waals surface area contributed by atoms with E-state index < -0.39 is 76.2 Å². The molecule has 2 N–H and O–H groups in total. The highest BCUT2D eigenvalue weighted by Crippen LogP contribution is 2.34. The summed E-state index contributed by atoms with van der Waals surface area (Å²) in [5.41, 5.74) is -2.24. The zero-order valence-electron chi connectivity index (χ0n) is 25.0. The number of non-ortho nitro benzene ring substituents is 1. The molecule has 0 fully saturated rings. The maximum Gasteiger partial charge on any atom is 0.437 e. The topological polar surface area (TPSA) is 229 Å². The monoisotopic (exact) mass is 742 g/mol. The average molecular weight is 743 g/mol. The third kappa shape index (κ3) is 9.04. The summed E-state index contributed by atoms with van der Waals surface area (Å²) in [7, 11) is -8.31. The number of rotatable bonds is 13. The predicted octanol–water partition coefficient (Wildman–Crippen LogP) is 5.91. The Bertz CT molecular complexity index is 2120. The van der Waals surface area contributed by atoms with E-state index in [1.165, 1.54) is 24.5 Å². The Kier molecular flexibility index (Phi) is 11.2. The third-order valence-electron chi connectivity index (χ3n) is 6.55. The molecule has 0 spiro atoms. The molecular formula is C28H25ClF2N6O10S2. The Hall–Kier alpha value is -5.18. The minimum Gasteiger partial charge on any atom is -0.493 e. The molecule has 3 aromatic carbocycles. The molecule has 16 nitrogen and oxygen atoms in total. The molecular weight excluding hydrogens is 718 g/mol. The molecule has 0 bridgehead atoms. The summed E-state index contributed by atoms with van der Waals surface area (Å²) in [5.74, 6) is -2.50. The summed E-state index contributed by atoms with van der Waals surface area (Å²) in [4.78, 5) is 39.1. The van der Waals surface area contributed by atoms with E-state index in [1.807, 2.05) is 0 Å². The van der Waals surface area contributed by atoms with Crippen molar-refractivity contribution in [2.75, 3.05) is 23.7 Å². The number of nitro benzene ring substituents is 2. The SMILES string of the molecule is C[SH](O)(Cc1cc(OCCCN(c2cc(-c3nc(Cl)ncc3F)ccc2F)S(=O)(=O)c2ccccc2[N+](=O)[O-])cc([N+](=O)[O-])c1)=NC(=O)O. The van der Waals surface area contributed by atoms with Crippen LogP contribution in [0.5, 0.6) is 5.75 Å². The summed E-state index contributed by atoms with van der Waals surface area (Å²) in [5, 5.41) is 31.8. The largest absolute Gasteiger partial charge is 0.493 e. The van der Waals surface area contributed by atoms with Gasteiger partial charge in [0, 0.05) is 36.4 Å². The van der Waals surface area contributed by atoms with Crippen molar-refractivity contribution in [3.63, 3.8) is 0 Å². The number of aromatic nitrogens is 2. The highest BCUT2D eigenvalue weighted by molar-refractivity contribution is 7.98. The van der Waals surface area contributed by atoms with Gasteiger partial charge in [-0.15, -0.1) is 0 Å². The van der Waals surface area contributed by atoms with Crippen molar-refractivity contribution in [1.29, 1.82) is 0 Å². The number of carboxylic acid groups (broad SMARTS) is 1. The number of hydrogen-bond acceptors (Lipinski definition) is 10. The van der Waals surface area contributed by atoms with Gasteiger partial charge in [-0.05, 0) is 53.8 Å². The maximum absolute atomic E-state index is 15.4. The standard InChI is InChI=1S/C28H25ClF2N6O10S2/c1-48(44,34-28(38)39)16-17-11-19(36(40)41)14-20(12-17)47-10-4-9-35(49(45,46)25-6-3-2-5-23(25)37(42)43)24-13-18(7-8-21(24)30)26-22(31)15-32-27(29)33-26/h2-3,5-8,11-15,48H,4,9-10,16H2,1H3,(H,34,44)(H,38,39). The van der Waals surface area contributed by atoms with E-state index in [2.05, 4.69) is 14.3 Å². The predicted molar refractivity (Wildman–Crippen MR) is 175 cm³/mol. The van der Waals surface area contributed by atoms with Crippen LogP contribution in [0.4, 0.5) is 30.6 Å². The fourth-order valence-corrected chi connectivity index (χ4v) is 7.71. The van der Waals surface area contributed by atoms with Gasteiger partial charge < -0.3 is 14.4 Å². The summed E-state index contributed by atoms with van der Waals surface area (Å²) in [6.45, 7) is -0.909. The zero-order valence-corrected chi connectivity index (χ0v) is 27.5. The number of hydrogen-bond donors (Lipinski definition) is 3. The fraction of sp³-hybridized carbons (Fsp3) is 0.179. The van der Waals surface area contributed by atoms with Gasteiger partial charge in [-0.3, -0.25) is 24.5 Å². The second-order valence-corrected chi connectivity index (χ2v) is 15.1. The summed E-state index contributed by atoms with van der Waals surface area (Å²) in [6, 6.07) is 10.7. The molecule has 0 saturated carbocycles. The molecule has 0 aliphatic rings. The molecule has 1 aromatic heterocycles. The lowest BCUT2D eigenvalue weighted by molar-refractivity contribution is -0.387. The number of nitrogens with zero attached hydrogens (tertiary/aromatic N) is 6. The number of amides is 1. The molecule has 0 aliphatic heterocycles. The van der Waals surface area contributed by atoms with Crippen molar-refractivity contribution < 1.29 is 46.2 Å². The molecule has 0 atom stereocenters. The zero-order chi connectivity index (χ0) is 36.1. The van der Waals surface area contributed by atoms with Crippen LogP contribution in [0.3, 0.4) is 0 Å². The quantitative estimate of drug-likeness (QED) is 0.0478. The number of ether oxygens (including phenoxy) is 1. The number of benzene rings is 3. The first-order valence-corrected chi connectivity index (χ1v) is 17.8. The number of para-hydroxylation sites is 1. The van der Waals surface area contributed by atoms with E-state index in [4.69, 9.17) is 21.4 Å². The van der Waals surface area contributed by atoms with Crippen molar-refractivity contribution >= 4 is 54.9 Å². The van der Waals surface area contributed by atoms with E-state index in [1.54, 1.807) is 0 Å². The average Bonchev–Trinajstić information content (AvgIpc) is 3.01. The molecule has 1 amide bonds. The Labute approximate surface area is 282 Å². The molecule has 0 saturated heterocycles. The van der Waals surface area contributed by atoms with Crippen molar-refractivity contribution in [2.24, 2.45) is 4.36 Å². The number of nitro groups is 2. The molecule has 21 heteroatoms. The van der Waals surface area contributed by atoms with E-state index >= 15 is 4.39 Å². The molecule has 0 aliphatic carbocycles. The van der Waals surface area contributed by atoms with Gasteiger partial charge in [0.2, 0.25) is 5.28 Å². The summed E-state index contributed by atoms with van der Waals surface area (Å²) >= 11 is 5.80. The number of sulfonamides is 1. The molecule has 0 radical (unpaired) electrons. The van der Waals surface area contributed by atoms with Crippen molar-refractivity contribution in [3.8, 4) is 17.0 Å². The fourth-order valence-electron chi connectivity index (χ4n) is 4.60. The lowest BCUT2D eigenvalue weighted by Gasteiger charge is -2.25. The lowest BCUT2D eigenvalue weighted by Crippen LogP contribution is -2.34. The van der Waals surface area contributed by atoms with Crippen LogP contribution < -0.4 is 9.04 Å². The third-order valence-corrected chi connectivity index (χ3v) is 10.2.